The number of morpholine rings is 1. The molecule has 10 heteroatoms. The molecule has 2 fully saturated rings. The van der Waals surface area contributed by atoms with Crippen molar-refractivity contribution in [2.45, 2.75) is 38.8 Å². The molecule has 198 valence electrons. The molecule has 0 saturated carbocycles. The smallest absolute Gasteiger partial charge is 0.167 e. The molecule has 0 radical (unpaired) electrons. The van der Waals surface area contributed by atoms with Gasteiger partial charge in [-0.1, -0.05) is 18.2 Å². The number of fused-ring (bicyclic) bond motifs is 2. The largest absolute Gasteiger partial charge is 0.390 e. The first-order valence-electron chi connectivity index (χ1n) is 13.4. The van der Waals surface area contributed by atoms with Gasteiger partial charge in [0.05, 0.1) is 30.9 Å². The number of piperidine rings is 1. The van der Waals surface area contributed by atoms with E-state index in [1.165, 1.54) is 0 Å². The number of aryl methyl sites for hydroxylation is 1. The van der Waals surface area contributed by atoms with Gasteiger partial charge in [0, 0.05) is 31.0 Å². The normalized spacial score (nSPS) is 17.9. The Morgan fingerprint density at radius 3 is 2.55 bits per heavy atom. The first-order chi connectivity index (χ1) is 18.3. The van der Waals surface area contributed by atoms with Gasteiger partial charge in [-0.3, -0.25) is 4.90 Å². The summed E-state index contributed by atoms with van der Waals surface area (Å²) in [5.74, 6) is 2.55. The molecular formula is C28H34N8O2. The van der Waals surface area contributed by atoms with Crippen LogP contribution in [0.25, 0.3) is 33.5 Å². The van der Waals surface area contributed by atoms with Crippen LogP contribution in [0.3, 0.4) is 0 Å². The van der Waals surface area contributed by atoms with Gasteiger partial charge in [-0.05, 0) is 51.8 Å². The topological polar surface area (TPSA) is 119 Å². The van der Waals surface area contributed by atoms with E-state index in [1.54, 1.807) is 0 Å². The molecule has 38 heavy (non-hydrogen) atoms. The number of likely N-dealkylation sites (tertiary alicyclic amines) is 1. The third-order valence-electron chi connectivity index (χ3n) is 8.10. The molecule has 0 bridgehead atoms. The number of nitrogens with zero attached hydrogens (tertiary/aromatic N) is 7. The maximum atomic E-state index is 10.4. The Morgan fingerprint density at radius 2 is 1.84 bits per heavy atom. The van der Waals surface area contributed by atoms with E-state index < -0.39 is 5.60 Å². The van der Waals surface area contributed by atoms with Crippen LogP contribution in [0, 0.1) is 17.2 Å². The number of ether oxygens (including phenoxy) is 1. The minimum absolute atomic E-state index is 0.311. The number of aromatic nitrogens is 5. The average Bonchev–Trinajstić information content (AvgIpc) is 3.46. The molecule has 0 spiro atoms. The lowest BCUT2D eigenvalue weighted by Gasteiger charge is -2.37. The van der Waals surface area contributed by atoms with Gasteiger partial charge >= 0.3 is 0 Å². The second-order valence-corrected chi connectivity index (χ2v) is 11.0. The zero-order valence-electron chi connectivity index (χ0n) is 22.2. The van der Waals surface area contributed by atoms with Crippen LogP contribution in [0.15, 0.2) is 24.3 Å². The Kier molecular flexibility index (Phi) is 6.30. The number of para-hydroxylation sites is 1. The van der Waals surface area contributed by atoms with Crippen molar-refractivity contribution >= 4 is 27.9 Å². The summed E-state index contributed by atoms with van der Waals surface area (Å²) >= 11 is 0. The van der Waals surface area contributed by atoms with Gasteiger partial charge in [-0.15, -0.1) is 0 Å². The maximum absolute atomic E-state index is 10.4. The van der Waals surface area contributed by atoms with Crippen molar-refractivity contribution < 1.29 is 9.84 Å². The summed E-state index contributed by atoms with van der Waals surface area (Å²) in [6.45, 7) is 9.08. The van der Waals surface area contributed by atoms with Crippen LogP contribution < -0.4 is 4.90 Å². The molecule has 0 atom stereocenters. The Bertz CT molecular complexity index is 1510. The molecule has 1 aromatic carbocycles. The lowest BCUT2D eigenvalue weighted by Crippen LogP contribution is -2.41. The van der Waals surface area contributed by atoms with Crippen molar-refractivity contribution in [1.82, 2.24) is 29.4 Å². The maximum Gasteiger partial charge on any atom is 0.167 e. The fourth-order valence-electron chi connectivity index (χ4n) is 5.80. The van der Waals surface area contributed by atoms with Crippen LogP contribution in [-0.2, 0) is 18.3 Å². The number of benzene rings is 1. The molecule has 2 aliphatic rings. The summed E-state index contributed by atoms with van der Waals surface area (Å²) in [4.78, 5) is 22.9. The van der Waals surface area contributed by atoms with E-state index in [1.807, 2.05) is 45.2 Å². The predicted molar refractivity (Wildman–Crippen MR) is 146 cm³/mol. The molecule has 2 N–H and O–H groups in total. The monoisotopic (exact) mass is 514 g/mol. The molecule has 6 rings (SSSR count). The number of imidazole rings is 1. The van der Waals surface area contributed by atoms with Crippen LogP contribution in [0.1, 0.15) is 38.2 Å². The van der Waals surface area contributed by atoms with E-state index in [9.17, 15) is 10.4 Å². The summed E-state index contributed by atoms with van der Waals surface area (Å²) < 4.78 is 7.67. The van der Waals surface area contributed by atoms with E-state index >= 15 is 0 Å². The number of aromatic amines is 1. The second kappa shape index (κ2) is 9.66. The van der Waals surface area contributed by atoms with Crippen LogP contribution >= 0.6 is 0 Å². The van der Waals surface area contributed by atoms with Crippen molar-refractivity contribution in [3.8, 4) is 17.5 Å². The van der Waals surface area contributed by atoms with Crippen molar-refractivity contribution in [3.05, 3.63) is 35.8 Å². The molecule has 0 unspecified atom stereocenters. The summed E-state index contributed by atoms with van der Waals surface area (Å²) in [5.41, 5.74) is 2.94. The van der Waals surface area contributed by atoms with Crippen LogP contribution in [0.5, 0.6) is 0 Å². The Hall–Kier alpha value is -3.52. The highest BCUT2D eigenvalue weighted by molar-refractivity contribution is 5.98. The lowest BCUT2D eigenvalue weighted by atomic mass is 9.83. The number of nitrogens with one attached hydrogen (secondary N) is 1. The number of rotatable bonds is 5. The van der Waals surface area contributed by atoms with Gasteiger partial charge in [0.1, 0.15) is 17.6 Å². The Morgan fingerprint density at radius 1 is 1.11 bits per heavy atom. The Balaban J connectivity index is 1.42. The molecule has 5 heterocycles. The number of hydrogen-bond donors (Lipinski definition) is 2. The highest BCUT2D eigenvalue weighted by atomic mass is 16.5. The molecule has 0 aliphatic carbocycles. The molecule has 2 saturated heterocycles. The second-order valence-electron chi connectivity index (χ2n) is 11.0. The lowest BCUT2D eigenvalue weighted by molar-refractivity contribution is -0.0139. The van der Waals surface area contributed by atoms with Gasteiger partial charge < -0.3 is 24.3 Å². The van der Waals surface area contributed by atoms with E-state index in [-0.39, 0.29) is 0 Å². The Labute approximate surface area is 221 Å². The van der Waals surface area contributed by atoms with Gasteiger partial charge in [0.15, 0.2) is 22.8 Å². The zero-order chi connectivity index (χ0) is 26.4. The number of anilines is 1. The predicted octanol–water partition coefficient (Wildman–Crippen LogP) is 3.20. The van der Waals surface area contributed by atoms with Crippen molar-refractivity contribution in [1.29, 1.82) is 5.26 Å². The van der Waals surface area contributed by atoms with Gasteiger partial charge in [-0.2, -0.15) is 5.26 Å². The van der Waals surface area contributed by atoms with Crippen LogP contribution in [-0.4, -0.2) is 79.5 Å². The summed E-state index contributed by atoms with van der Waals surface area (Å²) in [5, 5.41) is 21.3. The van der Waals surface area contributed by atoms with Crippen molar-refractivity contribution in [2.75, 3.05) is 44.3 Å². The van der Waals surface area contributed by atoms with E-state index in [4.69, 9.17) is 19.7 Å². The average molecular weight is 515 g/mol. The molecule has 10 nitrogen and oxygen atoms in total. The first-order valence-corrected chi connectivity index (χ1v) is 13.4. The standard InChI is InChI=1S/C28H34N8O2/c1-28(2,37)18-8-10-35(11-9-18)17-22-31-24-26(34(22)3)32-25(33-27(24)36-12-14-38-15-13-36)23-19-6-4-5-7-20(19)30-21(23)16-29/h4-7,18,30,37H,8-15,17H2,1-3H3. The summed E-state index contributed by atoms with van der Waals surface area (Å²) in [7, 11) is 2.01. The third kappa shape index (κ3) is 4.41. The van der Waals surface area contributed by atoms with E-state index in [0.29, 0.717) is 37.2 Å². The number of hydrogen-bond acceptors (Lipinski definition) is 8. The highest BCUT2D eigenvalue weighted by Gasteiger charge is 2.31. The quantitative estimate of drug-likeness (QED) is 0.417. The zero-order valence-corrected chi connectivity index (χ0v) is 22.2. The third-order valence-corrected chi connectivity index (χ3v) is 8.10. The van der Waals surface area contributed by atoms with E-state index in [0.717, 1.165) is 78.3 Å². The molecule has 3 aromatic heterocycles. The van der Waals surface area contributed by atoms with Gasteiger partial charge in [-0.25, -0.2) is 15.0 Å². The highest BCUT2D eigenvalue weighted by Crippen LogP contribution is 2.34. The molecule has 4 aromatic rings. The number of aliphatic hydroxyl groups is 1. The van der Waals surface area contributed by atoms with Crippen molar-refractivity contribution in [3.63, 3.8) is 0 Å². The fourth-order valence-corrected chi connectivity index (χ4v) is 5.80. The summed E-state index contributed by atoms with van der Waals surface area (Å²) in [6, 6.07) is 10.2. The minimum Gasteiger partial charge on any atom is -0.390 e. The molecular weight excluding hydrogens is 480 g/mol. The number of H-pyrrole nitrogens is 1. The molecule has 0 amide bonds. The number of nitriles is 1. The van der Waals surface area contributed by atoms with Gasteiger partial charge in [0.2, 0.25) is 0 Å². The van der Waals surface area contributed by atoms with Crippen LogP contribution in [0.4, 0.5) is 5.82 Å². The SMILES string of the molecule is Cn1c(CN2CCC(C(C)(C)O)CC2)nc2c(N3CCOCC3)nc(-c3c(C#N)[nH]c4ccccc34)nc21. The van der Waals surface area contributed by atoms with Crippen LogP contribution in [0.2, 0.25) is 0 Å². The fraction of sp³-hybridized carbons (Fsp3) is 0.500. The van der Waals surface area contributed by atoms with Gasteiger partial charge in [0.25, 0.3) is 0 Å². The molecule has 2 aliphatic heterocycles. The minimum atomic E-state index is -0.645. The first kappa shape index (κ1) is 24.8. The summed E-state index contributed by atoms with van der Waals surface area (Å²) in [6.07, 6.45) is 1.93. The van der Waals surface area contributed by atoms with E-state index in [2.05, 4.69) is 25.4 Å². The van der Waals surface area contributed by atoms with Crippen molar-refractivity contribution in [2.24, 2.45) is 13.0 Å².